The van der Waals surface area contributed by atoms with Crippen LogP contribution in [0, 0.1) is 28.5 Å². The standard InChI is InChI=1S/C31H28FN7O3S/c1-37(30-36-26(25(9-33)43-30)18-2-4-20(32)5-3-18)27-22-8-21(10-34-28(22)35-24-13-42-12-23(24)27)38-14-31(15-38)16-39(17-31)29(40)19-6-7-41-11-19/h2-5,8,10,19H,6-7,11-17H2,1H3/t19-/m0/s1. The third kappa shape index (κ3) is 4.33. The summed E-state index contributed by atoms with van der Waals surface area (Å²) < 4.78 is 24.8. The number of nitrogens with zero attached hydrogens (tertiary/aromatic N) is 7. The lowest BCUT2D eigenvalue weighted by Gasteiger charge is -2.61. The third-order valence-corrected chi connectivity index (χ3v) is 10.0. The Morgan fingerprint density at radius 3 is 2.72 bits per heavy atom. The van der Waals surface area contributed by atoms with Crippen LogP contribution in [0.3, 0.4) is 0 Å². The maximum absolute atomic E-state index is 13.6. The summed E-state index contributed by atoms with van der Waals surface area (Å²) in [4.78, 5) is 33.9. The van der Waals surface area contributed by atoms with Gasteiger partial charge in [-0.05, 0) is 36.8 Å². The van der Waals surface area contributed by atoms with Crippen molar-refractivity contribution in [2.24, 2.45) is 11.3 Å². The van der Waals surface area contributed by atoms with Crippen molar-refractivity contribution < 1.29 is 18.7 Å². The van der Waals surface area contributed by atoms with Gasteiger partial charge in [0.15, 0.2) is 10.8 Å². The quantitative estimate of drug-likeness (QED) is 0.334. The summed E-state index contributed by atoms with van der Waals surface area (Å²) in [6.45, 7) is 5.39. The van der Waals surface area contributed by atoms with E-state index in [2.05, 4.69) is 17.0 Å². The van der Waals surface area contributed by atoms with Crippen LogP contribution in [0.1, 0.15) is 22.6 Å². The molecule has 1 aromatic carbocycles. The van der Waals surface area contributed by atoms with E-state index in [1.54, 1.807) is 12.1 Å². The first-order valence-electron chi connectivity index (χ1n) is 14.3. The maximum Gasteiger partial charge on any atom is 0.228 e. The molecule has 3 aromatic heterocycles. The summed E-state index contributed by atoms with van der Waals surface area (Å²) in [5.41, 5.74) is 5.72. The van der Waals surface area contributed by atoms with Crippen molar-refractivity contribution in [3.63, 3.8) is 0 Å². The minimum absolute atomic E-state index is 0.0145. The first kappa shape index (κ1) is 26.4. The second kappa shape index (κ2) is 9.94. The summed E-state index contributed by atoms with van der Waals surface area (Å²) in [6.07, 6.45) is 2.69. The van der Waals surface area contributed by atoms with E-state index in [1.165, 1.54) is 23.5 Å². The van der Waals surface area contributed by atoms with Gasteiger partial charge >= 0.3 is 0 Å². The number of hydrogen-bond acceptors (Lipinski definition) is 10. The first-order valence-corrected chi connectivity index (χ1v) is 15.1. The highest BCUT2D eigenvalue weighted by molar-refractivity contribution is 7.16. The Morgan fingerprint density at radius 2 is 1.98 bits per heavy atom. The smallest absolute Gasteiger partial charge is 0.228 e. The molecular weight excluding hydrogens is 569 g/mol. The van der Waals surface area contributed by atoms with E-state index in [9.17, 15) is 14.4 Å². The number of carbonyl (C=O) groups is 1. The Morgan fingerprint density at radius 1 is 1.16 bits per heavy atom. The molecule has 1 spiro atoms. The number of amides is 1. The number of nitriles is 1. The molecule has 43 heavy (non-hydrogen) atoms. The van der Waals surface area contributed by atoms with Crippen LogP contribution in [-0.2, 0) is 27.5 Å². The van der Waals surface area contributed by atoms with Gasteiger partial charge in [0.2, 0.25) is 5.91 Å². The van der Waals surface area contributed by atoms with Gasteiger partial charge in [-0.1, -0.05) is 11.3 Å². The van der Waals surface area contributed by atoms with E-state index in [0.29, 0.717) is 53.3 Å². The second-order valence-corrected chi connectivity index (χ2v) is 12.9. The number of halogens is 1. The number of hydrogen-bond donors (Lipinski definition) is 0. The van der Waals surface area contributed by atoms with Crippen LogP contribution in [0.5, 0.6) is 0 Å². The van der Waals surface area contributed by atoms with Gasteiger partial charge in [-0.3, -0.25) is 4.79 Å². The fourth-order valence-electron chi connectivity index (χ4n) is 6.76. The van der Waals surface area contributed by atoms with Gasteiger partial charge in [-0.15, -0.1) is 0 Å². The van der Waals surface area contributed by atoms with Gasteiger partial charge in [0.1, 0.15) is 22.5 Å². The minimum Gasteiger partial charge on any atom is -0.381 e. The first-order chi connectivity index (χ1) is 20.9. The van der Waals surface area contributed by atoms with Crippen molar-refractivity contribution in [3.8, 4) is 17.3 Å². The number of rotatable bonds is 5. The molecule has 7 heterocycles. The van der Waals surface area contributed by atoms with Crippen LogP contribution < -0.4 is 9.80 Å². The number of ether oxygens (including phenoxy) is 2. The van der Waals surface area contributed by atoms with E-state index in [4.69, 9.17) is 24.4 Å². The molecule has 1 amide bonds. The molecule has 0 unspecified atom stereocenters. The normalized spacial score (nSPS) is 20.2. The number of anilines is 3. The van der Waals surface area contributed by atoms with Gasteiger partial charge < -0.3 is 24.2 Å². The van der Waals surface area contributed by atoms with Crippen LogP contribution in [0.25, 0.3) is 22.3 Å². The minimum atomic E-state index is -0.340. The van der Waals surface area contributed by atoms with Crippen molar-refractivity contribution in [1.29, 1.82) is 5.26 Å². The molecule has 4 aliphatic heterocycles. The lowest BCUT2D eigenvalue weighted by molar-refractivity contribution is -0.149. The number of likely N-dealkylation sites (tertiary alicyclic amines) is 1. The molecule has 0 aliphatic carbocycles. The molecular formula is C31H28FN7O3S. The van der Waals surface area contributed by atoms with Crippen LogP contribution in [0.15, 0.2) is 36.5 Å². The maximum atomic E-state index is 13.6. The molecule has 10 nitrogen and oxygen atoms in total. The molecule has 0 bridgehead atoms. The zero-order valence-corrected chi connectivity index (χ0v) is 24.4. The highest BCUT2D eigenvalue weighted by Gasteiger charge is 2.54. The van der Waals surface area contributed by atoms with Gasteiger partial charge in [0.05, 0.1) is 49.0 Å². The zero-order chi connectivity index (χ0) is 29.3. The summed E-state index contributed by atoms with van der Waals surface area (Å²) in [6, 6.07) is 10.4. The number of carbonyl (C=O) groups excluding carboxylic acids is 1. The lowest BCUT2D eigenvalue weighted by atomic mass is 9.72. The Bertz CT molecular complexity index is 1800. The van der Waals surface area contributed by atoms with Crippen LogP contribution in [-0.4, -0.2) is 72.2 Å². The Balaban J connectivity index is 1.09. The predicted octanol–water partition coefficient (Wildman–Crippen LogP) is 4.25. The van der Waals surface area contributed by atoms with E-state index < -0.39 is 0 Å². The SMILES string of the molecule is CN(c1nc(-c2ccc(F)cc2)c(C#N)s1)c1c2c(nc3ncc(N4CC5(CN(C(=O)[C@H]6CCOC6)C5)C4)cc13)COC2. The average Bonchev–Trinajstić information content (AvgIpc) is 3.75. The third-order valence-electron chi connectivity index (χ3n) is 8.99. The second-order valence-electron chi connectivity index (χ2n) is 11.9. The molecule has 4 aromatic rings. The van der Waals surface area contributed by atoms with Gasteiger partial charge in [-0.2, -0.15) is 5.26 Å². The molecule has 0 N–H and O–H groups in total. The summed E-state index contributed by atoms with van der Waals surface area (Å²) >= 11 is 1.29. The summed E-state index contributed by atoms with van der Waals surface area (Å²) in [5, 5.41) is 11.4. The Kier molecular flexibility index (Phi) is 6.11. The predicted molar refractivity (Wildman–Crippen MR) is 158 cm³/mol. The van der Waals surface area contributed by atoms with Crippen molar-refractivity contribution in [1.82, 2.24) is 19.9 Å². The monoisotopic (exact) mass is 597 g/mol. The molecule has 4 aliphatic rings. The molecule has 0 saturated carbocycles. The van der Waals surface area contributed by atoms with Crippen LogP contribution in [0.2, 0.25) is 0 Å². The zero-order valence-electron chi connectivity index (χ0n) is 23.5. The fraction of sp³-hybridized carbons (Fsp3) is 0.387. The summed E-state index contributed by atoms with van der Waals surface area (Å²) in [7, 11) is 1.93. The fourth-order valence-corrected chi connectivity index (χ4v) is 7.61. The number of benzene rings is 1. The van der Waals surface area contributed by atoms with Crippen LogP contribution >= 0.6 is 11.3 Å². The van der Waals surface area contributed by atoms with Gasteiger partial charge in [-0.25, -0.2) is 19.3 Å². The molecule has 1 atom stereocenters. The van der Waals surface area contributed by atoms with E-state index in [-0.39, 0.29) is 23.1 Å². The molecule has 12 heteroatoms. The van der Waals surface area contributed by atoms with Crippen LogP contribution in [0.4, 0.5) is 20.9 Å². The molecule has 218 valence electrons. The van der Waals surface area contributed by atoms with E-state index >= 15 is 0 Å². The summed E-state index contributed by atoms with van der Waals surface area (Å²) in [5.74, 6) is -0.0962. The topological polar surface area (TPSA) is 108 Å². The molecule has 0 radical (unpaired) electrons. The molecule has 3 saturated heterocycles. The lowest BCUT2D eigenvalue weighted by Crippen LogP contribution is -2.73. The number of aromatic nitrogens is 3. The van der Waals surface area contributed by atoms with Crippen molar-refractivity contribution in [3.05, 3.63) is 58.5 Å². The van der Waals surface area contributed by atoms with Crippen molar-refractivity contribution >= 4 is 44.8 Å². The van der Waals surface area contributed by atoms with Gasteiger partial charge in [0.25, 0.3) is 0 Å². The largest absolute Gasteiger partial charge is 0.381 e. The highest BCUT2D eigenvalue weighted by atomic mass is 32.1. The number of thiazole rings is 1. The van der Waals surface area contributed by atoms with E-state index in [1.807, 2.05) is 23.0 Å². The van der Waals surface area contributed by atoms with Crippen molar-refractivity contribution in [2.75, 3.05) is 56.2 Å². The molecule has 8 rings (SSSR count). The Hall–Kier alpha value is -4.18. The van der Waals surface area contributed by atoms with Crippen molar-refractivity contribution in [2.45, 2.75) is 19.6 Å². The number of pyridine rings is 2. The average molecular weight is 598 g/mol. The Labute approximate surface area is 251 Å². The van der Waals surface area contributed by atoms with Gasteiger partial charge in [0, 0.05) is 61.8 Å². The highest BCUT2D eigenvalue weighted by Crippen LogP contribution is 2.45. The van der Waals surface area contributed by atoms with E-state index in [0.717, 1.165) is 60.6 Å². The molecule has 3 fully saturated rings. The number of fused-ring (bicyclic) bond motifs is 2.